The van der Waals surface area contributed by atoms with Gasteiger partial charge in [0, 0.05) is 0 Å². The molecular formula is C17H22N2O. The summed E-state index contributed by atoms with van der Waals surface area (Å²) in [7, 11) is 0. The Morgan fingerprint density at radius 2 is 1.85 bits per heavy atom. The van der Waals surface area contributed by atoms with Crippen LogP contribution in [0.15, 0.2) is 53.1 Å². The maximum Gasteiger partial charge on any atom is 0.125 e. The van der Waals surface area contributed by atoms with E-state index in [2.05, 4.69) is 41.3 Å². The van der Waals surface area contributed by atoms with Crippen molar-refractivity contribution in [3.63, 3.8) is 0 Å². The van der Waals surface area contributed by atoms with Gasteiger partial charge in [0.05, 0.1) is 12.3 Å². The van der Waals surface area contributed by atoms with Crippen molar-refractivity contribution in [3.8, 4) is 0 Å². The second kappa shape index (κ2) is 6.25. The van der Waals surface area contributed by atoms with Gasteiger partial charge in [-0.2, -0.15) is 0 Å². The van der Waals surface area contributed by atoms with Crippen LogP contribution in [-0.4, -0.2) is 24.5 Å². The summed E-state index contributed by atoms with van der Waals surface area (Å²) in [6.45, 7) is 2.98. The number of hydrogen-bond acceptors (Lipinski definition) is 3. The van der Waals surface area contributed by atoms with E-state index < -0.39 is 0 Å². The van der Waals surface area contributed by atoms with Gasteiger partial charge in [0.2, 0.25) is 0 Å². The predicted octanol–water partition coefficient (Wildman–Crippen LogP) is 3.04. The Bertz CT molecular complexity index is 501. The molecule has 2 aromatic rings. The number of benzene rings is 1. The zero-order valence-corrected chi connectivity index (χ0v) is 11.7. The van der Waals surface area contributed by atoms with Crippen molar-refractivity contribution < 1.29 is 4.42 Å². The molecule has 1 aromatic heterocycles. The third-order valence-corrected chi connectivity index (χ3v) is 4.28. The van der Waals surface area contributed by atoms with Gasteiger partial charge in [-0.05, 0) is 56.1 Å². The highest BCUT2D eigenvalue weighted by Crippen LogP contribution is 2.32. The van der Waals surface area contributed by atoms with Crippen molar-refractivity contribution in [1.29, 1.82) is 0 Å². The first-order chi connectivity index (χ1) is 9.88. The molecule has 1 aromatic carbocycles. The molecule has 1 aliphatic heterocycles. The Labute approximate surface area is 120 Å². The van der Waals surface area contributed by atoms with Gasteiger partial charge in [0.25, 0.3) is 0 Å². The SMILES string of the molecule is NCC1CCN(C(c2ccccc2)c2ccco2)CC1. The average molecular weight is 270 g/mol. The summed E-state index contributed by atoms with van der Waals surface area (Å²) < 4.78 is 5.69. The molecular weight excluding hydrogens is 248 g/mol. The molecule has 1 saturated heterocycles. The number of likely N-dealkylation sites (tertiary alicyclic amines) is 1. The van der Waals surface area contributed by atoms with E-state index in [9.17, 15) is 0 Å². The summed E-state index contributed by atoms with van der Waals surface area (Å²) >= 11 is 0. The van der Waals surface area contributed by atoms with Gasteiger partial charge in [0.15, 0.2) is 0 Å². The number of hydrogen-bond donors (Lipinski definition) is 1. The van der Waals surface area contributed by atoms with E-state index in [1.54, 1.807) is 6.26 Å². The lowest BCUT2D eigenvalue weighted by molar-refractivity contribution is 0.141. The Balaban J connectivity index is 1.84. The van der Waals surface area contributed by atoms with E-state index in [0.717, 1.165) is 25.4 Å². The zero-order chi connectivity index (χ0) is 13.8. The van der Waals surface area contributed by atoms with E-state index in [-0.39, 0.29) is 6.04 Å². The normalized spacial score (nSPS) is 19.1. The topological polar surface area (TPSA) is 42.4 Å². The van der Waals surface area contributed by atoms with Gasteiger partial charge in [-0.1, -0.05) is 30.3 Å². The summed E-state index contributed by atoms with van der Waals surface area (Å²) in [4.78, 5) is 2.51. The summed E-state index contributed by atoms with van der Waals surface area (Å²) in [5, 5.41) is 0. The molecule has 106 valence electrons. The van der Waals surface area contributed by atoms with Crippen LogP contribution in [0.25, 0.3) is 0 Å². The quantitative estimate of drug-likeness (QED) is 0.928. The van der Waals surface area contributed by atoms with Crippen LogP contribution >= 0.6 is 0 Å². The van der Waals surface area contributed by atoms with Crippen LogP contribution in [0.4, 0.5) is 0 Å². The molecule has 2 heterocycles. The van der Waals surface area contributed by atoms with Crippen molar-refractivity contribution in [3.05, 3.63) is 60.1 Å². The molecule has 0 radical (unpaired) electrons. The van der Waals surface area contributed by atoms with E-state index >= 15 is 0 Å². The van der Waals surface area contributed by atoms with Crippen LogP contribution in [0.1, 0.15) is 30.2 Å². The van der Waals surface area contributed by atoms with Crippen molar-refractivity contribution in [2.24, 2.45) is 11.7 Å². The van der Waals surface area contributed by atoms with Crippen LogP contribution < -0.4 is 5.73 Å². The van der Waals surface area contributed by atoms with Gasteiger partial charge >= 0.3 is 0 Å². The molecule has 1 aliphatic rings. The summed E-state index contributed by atoms with van der Waals surface area (Å²) in [6.07, 6.45) is 4.12. The Hall–Kier alpha value is -1.58. The standard InChI is InChI=1S/C17H22N2O/c18-13-14-8-10-19(11-9-14)17(16-7-4-12-20-16)15-5-2-1-3-6-15/h1-7,12,14,17H,8-11,13,18H2. The monoisotopic (exact) mass is 270 g/mol. The van der Waals surface area contributed by atoms with Crippen molar-refractivity contribution in [1.82, 2.24) is 4.90 Å². The highest BCUT2D eigenvalue weighted by atomic mass is 16.3. The molecule has 20 heavy (non-hydrogen) atoms. The summed E-state index contributed by atoms with van der Waals surface area (Å²) in [5.74, 6) is 1.71. The molecule has 0 amide bonds. The lowest BCUT2D eigenvalue weighted by atomic mass is 9.93. The van der Waals surface area contributed by atoms with E-state index in [4.69, 9.17) is 10.2 Å². The average Bonchev–Trinajstić information content (AvgIpc) is 3.03. The molecule has 2 N–H and O–H groups in total. The smallest absolute Gasteiger partial charge is 0.125 e. The number of rotatable bonds is 4. The number of furan rings is 1. The fraction of sp³-hybridized carbons (Fsp3) is 0.412. The molecule has 0 saturated carbocycles. The number of nitrogens with two attached hydrogens (primary N) is 1. The third kappa shape index (κ3) is 2.79. The molecule has 3 nitrogen and oxygen atoms in total. The van der Waals surface area contributed by atoms with Gasteiger partial charge in [-0.25, -0.2) is 0 Å². The highest BCUT2D eigenvalue weighted by Gasteiger charge is 2.28. The molecule has 3 rings (SSSR count). The second-order valence-corrected chi connectivity index (χ2v) is 5.54. The summed E-state index contributed by atoms with van der Waals surface area (Å²) in [5.41, 5.74) is 7.09. The Morgan fingerprint density at radius 3 is 2.45 bits per heavy atom. The number of piperidine rings is 1. The molecule has 0 aliphatic carbocycles. The summed E-state index contributed by atoms with van der Waals surface area (Å²) in [6, 6.07) is 14.9. The fourth-order valence-electron chi connectivity index (χ4n) is 3.08. The first-order valence-corrected chi connectivity index (χ1v) is 7.41. The van der Waals surface area contributed by atoms with Crippen LogP contribution in [0.2, 0.25) is 0 Å². The predicted molar refractivity (Wildman–Crippen MR) is 80.3 cm³/mol. The molecule has 0 bridgehead atoms. The Kier molecular flexibility index (Phi) is 4.19. The molecule has 1 fully saturated rings. The largest absolute Gasteiger partial charge is 0.467 e. The first kappa shape index (κ1) is 13.4. The first-order valence-electron chi connectivity index (χ1n) is 7.41. The van der Waals surface area contributed by atoms with Gasteiger partial charge < -0.3 is 10.2 Å². The van der Waals surface area contributed by atoms with Crippen LogP contribution in [0.3, 0.4) is 0 Å². The lowest BCUT2D eigenvalue weighted by Gasteiger charge is -2.36. The number of nitrogens with zero attached hydrogens (tertiary/aromatic N) is 1. The minimum Gasteiger partial charge on any atom is -0.467 e. The van der Waals surface area contributed by atoms with Crippen LogP contribution in [-0.2, 0) is 0 Å². The van der Waals surface area contributed by atoms with E-state index in [1.165, 1.54) is 18.4 Å². The third-order valence-electron chi connectivity index (χ3n) is 4.28. The molecule has 1 atom stereocenters. The van der Waals surface area contributed by atoms with Crippen LogP contribution in [0.5, 0.6) is 0 Å². The van der Waals surface area contributed by atoms with Crippen molar-refractivity contribution >= 4 is 0 Å². The lowest BCUT2D eigenvalue weighted by Crippen LogP contribution is -2.38. The molecule has 0 spiro atoms. The zero-order valence-electron chi connectivity index (χ0n) is 11.7. The van der Waals surface area contributed by atoms with Gasteiger partial charge in [-0.15, -0.1) is 0 Å². The van der Waals surface area contributed by atoms with Crippen molar-refractivity contribution in [2.75, 3.05) is 19.6 Å². The van der Waals surface area contributed by atoms with E-state index in [0.29, 0.717) is 5.92 Å². The second-order valence-electron chi connectivity index (χ2n) is 5.54. The minimum atomic E-state index is 0.227. The maximum atomic E-state index is 5.79. The fourth-order valence-corrected chi connectivity index (χ4v) is 3.08. The van der Waals surface area contributed by atoms with Gasteiger partial charge in [-0.3, -0.25) is 4.90 Å². The highest BCUT2D eigenvalue weighted by molar-refractivity contribution is 5.26. The minimum absolute atomic E-state index is 0.227. The van der Waals surface area contributed by atoms with Crippen molar-refractivity contribution in [2.45, 2.75) is 18.9 Å². The van der Waals surface area contributed by atoms with Crippen LogP contribution in [0, 0.1) is 5.92 Å². The molecule has 1 unspecified atom stereocenters. The maximum absolute atomic E-state index is 5.79. The molecule has 3 heteroatoms. The Morgan fingerprint density at radius 1 is 1.10 bits per heavy atom. The van der Waals surface area contributed by atoms with Gasteiger partial charge in [0.1, 0.15) is 5.76 Å². The van der Waals surface area contributed by atoms with E-state index in [1.807, 2.05) is 6.07 Å².